The standard InChI is InChI=1S/C14H20BrNO4S/c1-19-13-5-11(12(15)6-14(13)20-2)8-16-7-10-3-4-21(17,18)9-10/h5-6,10,16H,3-4,7-9H2,1-2H3. The van der Waals surface area contributed by atoms with Crippen LogP contribution in [-0.4, -0.2) is 40.7 Å². The first-order valence-corrected chi connectivity index (χ1v) is 9.38. The predicted molar refractivity (Wildman–Crippen MR) is 85.7 cm³/mol. The van der Waals surface area contributed by atoms with E-state index in [2.05, 4.69) is 21.2 Å². The van der Waals surface area contributed by atoms with E-state index in [0.29, 0.717) is 36.1 Å². The molecule has 0 spiro atoms. The third-order valence-corrected chi connectivity index (χ3v) is 6.20. The predicted octanol–water partition coefficient (Wildman–Crippen LogP) is 1.99. The Hall–Kier alpha value is -0.790. The minimum Gasteiger partial charge on any atom is -0.493 e. The summed E-state index contributed by atoms with van der Waals surface area (Å²) in [5.74, 6) is 2.19. The van der Waals surface area contributed by atoms with Crippen LogP contribution in [0.2, 0.25) is 0 Å². The highest BCUT2D eigenvalue weighted by molar-refractivity contribution is 9.10. The van der Waals surface area contributed by atoms with Crippen molar-refractivity contribution in [1.29, 1.82) is 0 Å². The van der Waals surface area contributed by atoms with Gasteiger partial charge in [-0.05, 0) is 36.6 Å². The van der Waals surface area contributed by atoms with Crippen molar-refractivity contribution in [3.05, 3.63) is 22.2 Å². The van der Waals surface area contributed by atoms with Crippen LogP contribution in [0.25, 0.3) is 0 Å². The van der Waals surface area contributed by atoms with Gasteiger partial charge in [-0.3, -0.25) is 0 Å². The van der Waals surface area contributed by atoms with Crippen LogP contribution in [0.3, 0.4) is 0 Å². The van der Waals surface area contributed by atoms with E-state index in [0.717, 1.165) is 16.5 Å². The highest BCUT2D eigenvalue weighted by atomic mass is 79.9. The van der Waals surface area contributed by atoms with Crippen LogP contribution in [0.5, 0.6) is 11.5 Å². The van der Waals surface area contributed by atoms with Crippen molar-refractivity contribution in [1.82, 2.24) is 5.32 Å². The highest BCUT2D eigenvalue weighted by Crippen LogP contribution is 2.33. The fourth-order valence-electron chi connectivity index (χ4n) is 2.48. The van der Waals surface area contributed by atoms with Gasteiger partial charge in [-0.15, -0.1) is 0 Å². The second kappa shape index (κ2) is 6.98. The molecular weight excluding hydrogens is 358 g/mol. The molecule has 0 aromatic heterocycles. The number of benzene rings is 1. The molecule has 1 N–H and O–H groups in total. The summed E-state index contributed by atoms with van der Waals surface area (Å²) in [5.41, 5.74) is 1.05. The summed E-state index contributed by atoms with van der Waals surface area (Å²) >= 11 is 3.51. The molecule has 5 nitrogen and oxygen atoms in total. The lowest BCUT2D eigenvalue weighted by Crippen LogP contribution is -2.23. The molecule has 0 bridgehead atoms. The second-order valence-electron chi connectivity index (χ2n) is 5.20. The molecule has 0 saturated carbocycles. The van der Waals surface area contributed by atoms with E-state index >= 15 is 0 Å². The molecule has 1 aliphatic rings. The lowest BCUT2D eigenvalue weighted by Gasteiger charge is -2.14. The molecule has 1 saturated heterocycles. The Morgan fingerprint density at radius 3 is 2.52 bits per heavy atom. The normalized spacial score (nSPS) is 20.4. The molecule has 1 atom stereocenters. The van der Waals surface area contributed by atoms with Gasteiger partial charge in [0.25, 0.3) is 0 Å². The largest absolute Gasteiger partial charge is 0.493 e. The van der Waals surface area contributed by atoms with Crippen molar-refractivity contribution in [3.63, 3.8) is 0 Å². The fourth-order valence-corrected chi connectivity index (χ4v) is 4.80. The summed E-state index contributed by atoms with van der Waals surface area (Å²) in [7, 11) is 0.399. The van der Waals surface area contributed by atoms with E-state index in [1.54, 1.807) is 14.2 Å². The Kier molecular flexibility index (Phi) is 5.51. The van der Waals surface area contributed by atoms with Crippen molar-refractivity contribution in [2.45, 2.75) is 13.0 Å². The lowest BCUT2D eigenvalue weighted by atomic mass is 10.1. The molecule has 21 heavy (non-hydrogen) atoms. The zero-order valence-corrected chi connectivity index (χ0v) is 14.6. The number of rotatable bonds is 6. The summed E-state index contributed by atoms with van der Waals surface area (Å²) in [6.45, 7) is 1.36. The van der Waals surface area contributed by atoms with Crippen LogP contribution >= 0.6 is 15.9 Å². The highest BCUT2D eigenvalue weighted by Gasteiger charge is 2.27. The van der Waals surface area contributed by atoms with Gasteiger partial charge in [-0.1, -0.05) is 15.9 Å². The average Bonchev–Trinajstić information content (AvgIpc) is 2.79. The smallest absolute Gasteiger partial charge is 0.161 e. The number of ether oxygens (including phenoxy) is 2. The van der Waals surface area contributed by atoms with Crippen molar-refractivity contribution >= 4 is 25.8 Å². The Morgan fingerprint density at radius 1 is 1.29 bits per heavy atom. The van der Waals surface area contributed by atoms with E-state index in [4.69, 9.17) is 9.47 Å². The van der Waals surface area contributed by atoms with E-state index < -0.39 is 9.84 Å². The topological polar surface area (TPSA) is 64.6 Å². The minimum atomic E-state index is -2.80. The summed E-state index contributed by atoms with van der Waals surface area (Å²) in [6, 6.07) is 3.79. The Balaban J connectivity index is 1.94. The molecule has 1 heterocycles. The molecule has 2 rings (SSSR count). The molecule has 0 amide bonds. The van der Waals surface area contributed by atoms with Gasteiger partial charge in [0.1, 0.15) is 0 Å². The fraction of sp³-hybridized carbons (Fsp3) is 0.571. The zero-order chi connectivity index (χ0) is 15.5. The van der Waals surface area contributed by atoms with Crippen LogP contribution in [0.1, 0.15) is 12.0 Å². The molecule has 1 aromatic rings. The van der Waals surface area contributed by atoms with Crippen LogP contribution in [-0.2, 0) is 16.4 Å². The first-order valence-electron chi connectivity index (χ1n) is 6.76. The van der Waals surface area contributed by atoms with Crippen LogP contribution in [0.15, 0.2) is 16.6 Å². The van der Waals surface area contributed by atoms with Gasteiger partial charge in [0.15, 0.2) is 21.3 Å². The Labute approximate surface area is 134 Å². The van der Waals surface area contributed by atoms with E-state index in [-0.39, 0.29) is 5.92 Å². The molecule has 1 unspecified atom stereocenters. The van der Waals surface area contributed by atoms with Gasteiger partial charge >= 0.3 is 0 Å². The maximum absolute atomic E-state index is 11.4. The number of sulfone groups is 1. The van der Waals surface area contributed by atoms with Crippen LogP contribution < -0.4 is 14.8 Å². The molecule has 1 aromatic carbocycles. The number of hydrogen-bond donors (Lipinski definition) is 1. The average molecular weight is 378 g/mol. The van der Waals surface area contributed by atoms with Crippen molar-refractivity contribution in [2.24, 2.45) is 5.92 Å². The van der Waals surface area contributed by atoms with Gasteiger partial charge in [0.2, 0.25) is 0 Å². The quantitative estimate of drug-likeness (QED) is 0.820. The van der Waals surface area contributed by atoms with Crippen molar-refractivity contribution in [3.8, 4) is 11.5 Å². The van der Waals surface area contributed by atoms with Gasteiger partial charge in [-0.25, -0.2) is 8.42 Å². The molecule has 1 aliphatic heterocycles. The van der Waals surface area contributed by atoms with E-state index in [9.17, 15) is 8.42 Å². The summed E-state index contributed by atoms with van der Waals surface area (Å²) in [6.07, 6.45) is 0.752. The first kappa shape index (κ1) is 16.6. The number of nitrogens with one attached hydrogen (secondary N) is 1. The van der Waals surface area contributed by atoms with E-state index in [1.807, 2.05) is 12.1 Å². The summed E-state index contributed by atoms with van der Waals surface area (Å²) in [4.78, 5) is 0. The van der Waals surface area contributed by atoms with Crippen molar-refractivity contribution in [2.75, 3.05) is 32.3 Å². The third-order valence-electron chi connectivity index (χ3n) is 3.63. The van der Waals surface area contributed by atoms with E-state index in [1.165, 1.54) is 0 Å². The number of halogens is 1. The van der Waals surface area contributed by atoms with Crippen molar-refractivity contribution < 1.29 is 17.9 Å². The second-order valence-corrected chi connectivity index (χ2v) is 8.28. The first-order chi connectivity index (χ1) is 9.95. The Morgan fingerprint density at radius 2 is 1.95 bits per heavy atom. The maximum Gasteiger partial charge on any atom is 0.161 e. The molecule has 118 valence electrons. The Bertz CT molecular complexity index is 603. The molecule has 0 aliphatic carbocycles. The number of hydrogen-bond acceptors (Lipinski definition) is 5. The maximum atomic E-state index is 11.4. The van der Waals surface area contributed by atoms with Gasteiger partial charge < -0.3 is 14.8 Å². The SMILES string of the molecule is COc1cc(Br)c(CNCC2CCS(=O)(=O)C2)cc1OC. The molecule has 1 fully saturated rings. The summed E-state index contributed by atoms with van der Waals surface area (Å²) < 4.78 is 34.3. The zero-order valence-electron chi connectivity index (χ0n) is 12.2. The molecular formula is C14H20BrNO4S. The van der Waals surface area contributed by atoms with Gasteiger partial charge in [0.05, 0.1) is 25.7 Å². The van der Waals surface area contributed by atoms with Crippen LogP contribution in [0.4, 0.5) is 0 Å². The number of methoxy groups -OCH3 is 2. The minimum absolute atomic E-state index is 0.217. The monoisotopic (exact) mass is 377 g/mol. The lowest BCUT2D eigenvalue weighted by molar-refractivity contribution is 0.354. The van der Waals surface area contributed by atoms with Crippen LogP contribution in [0, 0.1) is 5.92 Å². The molecule has 7 heteroatoms. The molecule has 0 radical (unpaired) electrons. The third kappa shape index (κ3) is 4.34. The van der Waals surface area contributed by atoms with Gasteiger partial charge in [-0.2, -0.15) is 0 Å². The summed E-state index contributed by atoms with van der Waals surface area (Å²) in [5, 5.41) is 3.32. The van der Waals surface area contributed by atoms with Gasteiger partial charge in [0, 0.05) is 11.0 Å².